The molecule has 0 unspecified atom stereocenters. The zero-order valence-corrected chi connectivity index (χ0v) is 21.0. The van der Waals surface area contributed by atoms with E-state index in [-0.39, 0.29) is 18.2 Å². The molecule has 1 aliphatic heterocycles. The number of aryl methyl sites for hydroxylation is 1. The molecule has 1 amide bonds. The number of ether oxygens (including phenoxy) is 1. The molecule has 1 aliphatic rings. The average Bonchev–Trinajstić information content (AvgIpc) is 3.42. The lowest BCUT2D eigenvalue weighted by atomic mass is 10.1. The van der Waals surface area contributed by atoms with E-state index in [0.29, 0.717) is 37.1 Å². The summed E-state index contributed by atoms with van der Waals surface area (Å²) in [5, 5.41) is 20.0. The largest absolute Gasteiger partial charge is 0.505 e. The van der Waals surface area contributed by atoms with Gasteiger partial charge < -0.3 is 9.84 Å². The first-order valence-corrected chi connectivity index (χ1v) is 12.1. The van der Waals surface area contributed by atoms with Gasteiger partial charge in [0, 0.05) is 5.56 Å². The van der Waals surface area contributed by atoms with Crippen LogP contribution in [0, 0.1) is 6.92 Å². The first kappa shape index (κ1) is 23.7. The van der Waals surface area contributed by atoms with Crippen LogP contribution in [0.3, 0.4) is 0 Å². The van der Waals surface area contributed by atoms with Gasteiger partial charge in [-0.2, -0.15) is 0 Å². The molecule has 2 heterocycles. The second-order valence-electron chi connectivity index (χ2n) is 8.15. The Balaban J connectivity index is 1.41. The first-order valence-electron chi connectivity index (χ1n) is 10.9. The summed E-state index contributed by atoms with van der Waals surface area (Å²) in [4.78, 5) is 28.1. The van der Waals surface area contributed by atoms with Crippen LogP contribution >= 0.6 is 24.0 Å². The van der Waals surface area contributed by atoms with Gasteiger partial charge in [-0.3, -0.25) is 9.69 Å². The SMILES string of the molecule is COC(=O)c1ccc(C=C2SC(=S)N(Cc3cc(C)cc(-n4nc5ccccc5n4)c3O)C2=O)cc1. The number of aromatic hydroxyl groups is 1. The molecule has 0 atom stereocenters. The minimum atomic E-state index is -0.427. The number of carbonyl (C=O) groups is 2. The van der Waals surface area contributed by atoms with Gasteiger partial charge in [0.2, 0.25) is 0 Å². The quantitative estimate of drug-likeness (QED) is 0.233. The van der Waals surface area contributed by atoms with Gasteiger partial charge in [0.05, 0.1) is 24.1 Å². The minimum Gasteiger partial charge on any atom is -0.505 e. The van der Waals surface area contributed by atoms with Gasteiger partial charge in [-0.25, -0.2) is 4.79 Å². The van der Waals surface area contributed by atoms with Crippen molar-refractivity contribution in [3.8, 4) is 11.4 Å². The zero-order chi connectivity index (χ0) is 25.4. The van der Waals surface area contributed by atoms with Gasteiger partial charge in [-0.1, -0.05) is 54.3 Å². The summed E-state index contributed by atoms with van der Waals surface area (Å²) in [6, 6.07) is 17.8. The highest BCUT2D eigenvalue weighted by atomic mass is 32.2. The van der Waals surface area contributed by atoms with E-state index in [0.717, 1.165) is 11.1 Å². The number of phenols is 1. The van der Waals surface area contributed by atoms with Crippen LogP contribution in [0.15, 0.2) is 65.6 Å². The maximum atomic E-state index is 13.2. The molecule has 0 spiro atoms. The topological polar surface area (TPSA) is 97.6 Å². The van der Waals surface area contributed by atoms with Crippen molar-refractivity contribution in [1.29, 1.82) is 0 Å². The van der Waals surface area contributed by atoms with Crippen LogP contribution in [0.4, 0.5) is 0 Å². The maximum absolute atomic E-state index is 13.2. The van der Waals surface area contributed by atoms with Crippen LogP contribution in [0.2, 0.25) is 0 Å². The first-order chi connectivity index (χ1) is 17.3. The average molecular weight is 517 g/mol. The predicted octanol–water partition coefficient (Wildman–Crippen LogP) is 4.62. The number of hydrogen-bond acceptors (Lipinski definition) is 8. The Morgan fingerprint density at radius 2 is 1.78 bits per heavy atom. The highest BCUT2D eigenvalue weighted by Crippen LogP contribution is 2.36. The maximum Gasteiger partial charge on any atom is 0.337 e. The van der Waals surface area contributed by atoms with E-state index in [1.807, 2.05) is 37.3 Å². The number of methoxy groups -OCH3 is 1. The fraction of sp³-hybridized carbons (Fsp3) is 0.115. The number of hydrogen-bond donors (Lipinski definition) is 1. The van der Waals surface area contributed by atoms with E-state index in [2.05, 4.69) is 10.2 Å². The fourth-order valence-corrected chi connectivity index (χ4v) is 5.12. The summed E-state index contributed by atoms with van der Waals surface area (Å²) in [5.74, 6) is -0.701. The molecule has 4 aromatic rings. The molecule has 0 bridgehead atoms. The summed E-state index contributed by atoms with van der Waals surface area (Å²) in [7, 11) is 1.32. The molecule has 1 aromatic heterocycles. The molecule has 0 saturated carbocycles. The van der Waals surface area contributed by atoms with Crippen molar-refractivity contribution >= 4 is 57.3 Å². The third-order valence-corrected chi connectivity index (χ3v) is 7.02. The Hall–Kier alpha value is -4.02. The van der Waals surface area contributed by atoms with E-state index in [9.17, 15) is 14.7 Å². The highest BCUT2D eigenvalue weighted by Gasteiger charge is 2.33. The van der Waals surface area contributed by atoms with Crippen LogP contribution in [0.25, 0.3) is 22.8 Å². The molecule has 5 rings (SSSR count). The highest BCUT2D eigenvalue weighted by molar-refractivity contribution is 8.26. The Labute approximate surface area is 216 Å². The summed E-state index contributed by atoms with van der Waals surface area (Å²) in [5.41, 5.74) is 4.43. The Morgan fingerprint density at radius 1 is 1.11 bits per heavy atom. The summed E-state index contributed by atoms with van der Waals surface area (Å²) < 4.78 is 5.11. The van der Waals surface area contributed by atoms with Crippen molar-refractivity contribution < 1.29 is 19.4 Å². The van der Waals surface area contributed by atoms with Gasteiger partial charge >= 0.3 is 5.97 Å². The van der Waals surface area contributed by atoms with Gasteiger partial charge in [-0.15, -0.1) is 15.0 Å². The van der Waals surface area contributed by atoms with Gasteiger partial charge in [0.25, 0.3) is 5.91 Å². The smallest absolute Gasteiger partial charge is 0.337 e. The van der Waals surface area contributed by atoms with Crippen LogP contribution in [0.5, 0.6) is 5.75 Å². The number of phenolic OH excluding ortho intramolecular Hbond substituents is 1. The standard InChI is InChI=1S/C26H20N4O4S2/c1-15-11-18(23(31)21(12-15)30-27-19-5-3-4-6-20(19)28-30)14-29-24(32)22(36-26(29)35)13-16-7-9-17(10-8-16)25(33)34-2/h3-13,31H,14H2,1-2H3. The lowest BCUT2D eigenvalue weighted by Crippen LogP contribution is -2.27. The van der Waals surface area contributed by atoms with Crippen molar-refractivity contribution in [1.82, 2.24) is 19.9 Å². The Kier molecular flexibility index (Phi) is 6.29. The number of carbonyl (C=O) groups excluding carboxylic acids is 2. The van der Waals surface area contributed by atoms with Crippen molar-refractivity contribution in [2.45, 2.75) is 13.5 Å². The molecule has 180 valence electrons. The number of benzene rings is 3. The molecule has 3 aromatic carbocycles. The molecule has 0 radical (unpaired) electrons. The molecule has 36 heavy (non-hydrogen) atoms. The van der Waals surface area contributed by atoms with E-state index in [1.165, 1.54) is 28.6 Å². The number of thiocarbonyl (C=S) groups is 1. The van der Waals surface area contributed by atoms with Gasteiger partial charge in [0.15, 0.2) is 0 Å². The monoisotopic (exact) mass is 516 g/mol. The van der Waals surface area contributed by atoms with Crippen molar-refractivity contribution in [2.24, 2.45) is 0 Å². The molecular formula is C26H20N4O4S2. The number of amides is 1. The van der Waals surface area contributed by atoms with Crippen LogP contribution < -0.4 is 0 Å². The number of nitrogens with zero attached hydrogens (tertiary/aromatic N) is 4. The molecule has 8 nitrogen and oxygen atoms in total. The lowest BCUT2D eigenvalue weighted by molar-refractivity contribution is -0.122. The molecule has 10 heteroatoms. The molecule has 1 N–H and O–H groups in total. The van der Waals surface area contributed by atoms with E-state index in [1.54, 1.807) is 36.4 Å². The van der Waals surface area contributed by atoms with Crippen LogP contribution in [-0.4, -0.2) is 48.3 Å². The molecule has 0 aliphatic carbocycles. The number of thioether (sulfide) groups is 1. The second-order valence-corrected chi connectivity index (χ2v) is 9.83. The van der Waals surface area contributed by atoms with Gasteiger partial charge in [0.1, 0.15) is 26.8 Å². The number of esters is 1. The summed E-state index contributed by atoms with van der Waals surface area (Å²) >= 11 is 6.67. The Bertz CT molecular complexity index is 1530. The summed E-state index contributed by atoms with van der Waals surface area (Å²) in [6.07, 6.45) is 1.72. The Morgan fingerprint density at radius 3 is 2.42 bits per heavy atom. The third kappa shape index (κ3) is 4.48. The lowest BCUT2D eigenvalue weighted by Gasteiger charge is -2.17. The minimum absolute atomic E-state index is 0.0164. The van der Waals surface area contributed by atoms with Crippen LogP contribution in [0.1, 0.15) is 27.0 Å². The second kappa shape index (κ2) is 9.56. The van der Waals surface area contributed by atoms with Crippen molar-refractivity contribution in [2.75, 3.05) is 7.11 Å². The normalized spacial score (nSPS) is 14.7. The predicted molar refractivity (Wildman–Crippen MR) is 142 cm³/mol. The number of rotatable bonds is 5. The molecule has 1 fully saturated rings. The number of aromatic nitrogens is 3. The zero-order valence-electron chi connectivity index (χ0n) is 19.3. The van der Waals surface area contributed by atoms with Crippen molar-refractivity contribution in [3.05, 3.63) is 87.8 Å². The van der Waals surface area contributed by atoms with Crippen molar-refractivity contribution in [3.63, 3.8) is 0 Å². The van der Waals surface area contributed by atoms with E-state index < -0.39 is 5.97 Å². The molecular weight excluding hydrogens is 496 g/mol. The third-order valence-electron chi connectivity index (χ3n) is 5.65. The van der Waals surface area contributed by atoms with E-state index >= 15 is 0 Å². The van der Waals surface area contributed by atoms with Crippen LogP contribution in [-0.2, 0) is 16.1 Å². The number of fused-ring (bicyclic) bond motifs is 1. The molecule has 1 saturated heterocycles. The fourth-order valence-electron chi connectivity index (χ4n) is 3.87. The van der Waals surface area contributed by atoms with Gasteiger partial charge in [-0.05, 0) is 54.5 Å². The summed E-state index contributed by atoms with van der Waals surface area (Å²) in [6.45, 7) is 2.00. The van der Waals surface area contributed by atoms with E-state index in [4.69, 9.17) is 17.0 Å².